The smallest absolute Gasteiger partial charge is 0.139 e. The van der Waals surface area contributed by atoms with Gasteiger partial charge in [0, 0.05) is 43.6 Å². The quantitative estimate of drug-likeness (QED) is 0.160. The molecule has 0 bridgehead atoms. The van der Waals surface area contributed by atoms with E-state index in [-0.39, 0.29) is 12.2 Å². The summed E-state index contributed by atoms with van der Waals surface area (Å²) < 4.78 is 7.51. The molecule has 4 N–H and O–H groups in total. The number of aromatic nitrogens is 4. The number of fused-ring (bicyclic) bond motifs is 4. The van der Waals surface area contributed by atoms with Gasteiger partial charge in [0.2, 0.25) is 0 Å². The van der Waals surface area contributed by atoms with Crippen LogP contribution in [0.4, 0.5) is 0 Å². The molecule has 43 heavy (non-hydrogen) atoms. The SMILES string of the molecule is Cc1c(C(OC(c2[nH]c3ccccc3c2C)c2[nH]c3ccccc3c2C)c2[nH]c3ccccc3c2C)[nH]c2ccccc12. The van der Waals surface area contributed by atoms with Gasteiger partial charge in [-0.1, -0.05) is 72.8 Å². The maximum atomic E-state index is 7.51. The van der Waals surface area contributed by atoms with Crippen molar-refractivity contribution < 1.29 is 4.74 Å². The summed E-state index contributed by atoms with van der Waals surface area (Å²) in [6, 6.07) is 34.0. The van der Waals surface area contributed by atoms with Gasteiger partial charge in [0.05, 0.1) is 22.8 Å². The maximum Gasteiger partial charge on any atom is 0.139 e. The number of benzene rings is 4. The molecule has 8 rings (SSSR count). The zero-order valence-corrected chi connectivity index (χ0v) is 24.8. The zero-order chi connectivity index (χ0) is 29.2. The molecular formula is C38H34N4O. The van der Waals surface area contributed by atoms with Crippen LogP contribution in [-0.2, 0) is 4.74 Å². The molecule has 0 saturated carbocycles. The normalized spacial score (nSPS) is 12.2. The molecule has 212 valence electrons. The van der Waals surface area contributed by atoms with Gasteiger partial charge in [-0.15, -0.1) is 0 Å². The monoisotopic (exact) mass is 562 g/mol. The first-order valence-corrected chi connectivity index (χ1v) is 14.9. The zero-order valence-electron chi connectivity index (χ0n) is 24.8. The van der Waals surface area contributed by atoms with Gasteiger partial charge in [-0.25, -0.2) is 0 Å². The van der Waals surface area contributed by atoms with Crippen molar-refractivity contribution in [3.63, 3.8) is 0 Å². The summed E-state index contributed by atoms with van der Waals surface area (Å²) >= 11 is 0. The van der Waals surface area contributed by atoms with E-state index < -0.39 is 0 Å². The van der Waals surface area contributed by atoms with Gasteiger partial charge in [0.15, 0.2) is 0 Å². The second-order valence-electron chi connectivity index (χ2n) is 11.7. The van der Waals surface area contributed by atoms with Crippen LogP contribution < -0.4 is 0 Å². The first-order valence-electron chi connectivity index (χ1n) is 14.9. The van der Waals surface area contributed by atoms with E-state index in [9.17, 15) is 0 Å². The number of nitrogens with one attached hydrogen (secondary N) is 4. The van der Waals surface area contributed by atoms with Gasteiger partial charge in [-0.05, 0) is 74.2 Å². The number of aryl methyl sites for hydroxylation is 4. The number of rotatable bonds is 6. The van der Waals surface area contributed by atoms with E-state index in [2.05, 4.69) is 145 Å². The van der Waals surface area contributed by atoms with Crippen molar-refractivity contribution in [3.8, 4) is 0 Å². The summed E-state index contributed by atoms with van der Waals surface area (Å²) in [5.41, 5.74) is 13.4. The molecule has 5 nitrogen and oxygen atoms in total. The Morgan fingerprint density at radius 2 is 0.605 bits per heavy atom. The molecule has 0 spiro atoms. The molecule has 0 atom stereocenters. The van der Waals surface area contributed by atoms with E-state index in [0.29, 0.717) is 0 Å². The number of H-pyrrole nitrogens is 4. The van der Waals surface area contributed by atoms with Crippen molar-refractivity contribution in [2.45, 2.75) is 39.9 Å². The molecule has 0 radical (unpaired) electrons. The fourth-order valence-corrected chi connectivity index (χ4v) is 6.96. The molecule has 4 aromatic carbocycles. The Kier molecular flexibility index (Phi) is 5.85. The molecule has 0 saturated heterocycles. The second kappa shape index (κ2) is 9.79. The average molecular weight is 563 g/mol. The lowest BCUT2D eigenvalue weighted by atomic mass is 10.0. The molecule has 0 aliphatic heterocycles. The van der Waals surface area contributed by atoms with Crippen molar-refractivity contribution in [1.29, 1.82) is 0 Å². The highest BCUT2D eigenvalue weighted by atomic mass is 16.5. The van der Waals surface area contributed by atoms with E-state index in [4.69, 9.17) is 4.74 Å². The minimum Gasteiger partial charge on any atom is -0.356 e. The van der Waals surface area contributed by atoms with E-state index in [1.807, 2.05) is 0 Å². The van der Waals surface area contributed by atoms with Crippen LogP contribution in [0.3, 0.4) is 0 Å². The van der Waals surface area contributed by atoms with E-state index >= 15 is 0 Å². The molecule has 5 heteroatoms. The molecule has 0 fully saturated rings. The minimum atomic E-state index is -0.388. The lowest BCUT2D eigenvalue weighted by Crippen LogP contribution is -2.17. The van der Waals surface area contributed by atoms with Crippen LogP contribution in [0.1, 0.15) is 57.2 Å². The maximum absolute atomic E-state index is 7.51. The predicted molar refractivity (Wildman–Crippen MR) is 177 cm³/mol. The second-order valence-corrected chi connectivity index (χ2v) is 11.7. The molecule has 0 aliphatic rings. The van der Waals surface area contributed by atoms with Crippen molar-refractivity contribution >= 4 is 43.6 Å². The molecule has 4 aromatic heterocycles. The lowest BCUT2D eigenvalue weighted by Gasteiger charge is -2.26. The van der Waals surface area contributed by atoms with Crippen LogP contribution in [0.15, 0.2) is 97.1 Å². The summed E-state index contributed by atoms with van der Waals surface area (Å²) in [7, 11) is 0. The third kappa shape index (κ3) is 3.96. The van der Waals surface area contributed by atoms with Gasteiger partial charge in [-0.3, -0.25) is 0 Å². The molecule has 0 aliphatic carbocycles. The summed E-state index contributed by atoms with van der Waals surface area (Å²) in [6.07, 6.45) is -0.775. The Labute approximate surface area is 249 Å². The standard InChI is InChI=1S/C38H34N4O/c1-21-25-13-5-9-17-29(25)39-33(21)37(34-22(2)26-14-6-10-18-30(26)40-34)43-38(35-23(3)27-15-7-11-19-31(27)41-35)36-24(4)28-16-8-12-20-32(28)42-36/h5-20,37-42H,1-4H3. The van der Waals surface area contributed by atoms with Crippen LogP contribution in [0.5, 0.6) is 0 Å². The van der Waals surface area contributed by atoms with Crippen LogP contribution in [0, 0.1) is 27.7 Å². The van der Waals surface area contributed by atoms with E-state index in [1.165, 1.54) is 43.8 Å². The third-order valence-corrected chi connectivity index (χ3v) is 9.34. The molecule has 0 amide bonds. The number of para-hydroxylation sites is 4. The van der Waals surface area contributed by atoms with Gasteiger partial charge in [0.1, 0.15) is 12.2 Å². The first-order chi connectivity index (χ1) is 21.0. The highest BCUT2D eigenvalue weighted by molar-refractivity contribution is 5.88. The largest absolute Gasteiger partial charge is 0.356 e. The summed E-state index contributed by atoms with van der Waals surface area (Å²) in [4.78, 5) is 15.0. The third-order valence-electron chi connectivity index (χ3n) is 9.34. The van der Waals surface area contributed by atoms with E-state index in [1.54, 1.807) is 0 Å². The number of hydrogen-bond donors (Lipinski definition) is 4. The van der Waals surface area contributed by atoms with Crippen molar-refractivity contribution in [2.75, 3.05) is 0 Å². The fraction of sp³-hybridized carbons (Fsp3) is 0.158. The minimum absolute atomic E-state index is 0.388. The summed E-state index contributed by atoms with van der Waals surface area (Å²) in [5, 5.41) is 4.83. The van der Waals surface area contributed by atoms with Crippen molar-refractivity contribution in [2.24, 2.45) is 0 Å². The number of ether oxygens (including phenoxy) is 1. The van der Waals surface area contributed by atoms with Gasteiger partial charge in [0.25, 0.3) is 0 Å². The van der Waals surface area contributed by atoms with Crippen molar-refractivity contribution in [1.82, 2.24) is 19.9 Å². The Balaban J connectivity index is 1.39. The first kappa shape index (κ1) is 25.7. The highest BCUT2D eigenvalue weighted by Gasteiger charge is 2.32. The van der Waals surface area contributed by atoms with Crippen LogP contribution in [0.25, 0.3) is 43.6 Å². The molecule has 0 unspecified atom stereocenters. The van der Waals surface area contributed by atoms with E-state index in [0.717, 1.165) is 44.8 Å². The lowest BCUT2D eigenvalue weighted by molar-refractivity contribution is 0.0218. The predicted octanol–water partition coefficient (Wildman–Crippen LogP) is 9.74. The van der Waals surface area contributed by atoms with Gasteiger partial charge in [-0.2, -0.15) is 0 Å². The van der Waals surface area contributed by atoms with Crippen molar-refractivity contribution in [3.05, 3.63) is 142 Å². The fourth-order valence-electron chi connectivity index (χ4n) is 6.96. The molecule has 8 aromatic rings. The number of aromatic amines is 4. The summed E-state index contributed by atoms with van der Waals surface area (Å²) in [5.74, 6) is 0. The Bertz CT molecular complexity index is 1970. The average Bonchev–Trinajstić information content (AvgIpc) is 3.76. The Morgan fingerprint density at radius 3 is 0.837 bits per heavy atom. The highest BCUT2D eigenvalue weighted by Crippen LogP contribution is 2.43. The van der Waals surface area contributed by atoms with Crippen LogP contribution in [-0.4, -0.2) is 19.9 Å². The number of hydrogen-bond acceptors (Lipinski definition) is 1. The Hall–Kier alpha value is -5.00. The summed E-state index contributed by atoms with van der Waals surface area (Å²) in [6.45, 7) is 8.78. The molecular weight excluding hydrogens is 528 g/mol. The van der Waals surface area contributed by atoms with Gasteiger partial charge < -0.3 is 24.7 Å². The topological polar surface area (TPSA) is 72.4 Å². The van der Waals surface area contributed by atoms with Crippen LogP contribution >= 0.6 is 0 Å². The Morgan fingerprint density at radius 1 is 0.372 bits per heavy atom. The van der Waals surface area contributed by atoms with Gasteiger partial charge >= 0.3 is 0 Å². The van der Waals surface area contributed by atoms with Crippen LogP contribution in [0.2, 0.25) is 0 Å². The molecule has 4 heterocycles.